The number of hydrazone groups is 2. The van der Waals surface area contributed by atoms with Crippen molar-refractivity contribution in [1.82, 2.24) is 10.9 Å². The van der Waals surface area contributed by atoms with E-state index in [1.165, 1.54) is 11.1 Å². The van der Waals surface area contributed by atoms with E-state index in [0.717, 1.165) is 11.1 Å². The quantitative estimate of drug-likeness (QED) is 0.580. The van der Waals surface area contributed by atoms with E-state index in [-0.39, 0.29) is 0 Å². The predicted molar refractivity (Wildman–Crippen MR) is 108 cm³/mol. The van der Waals surface area contributed by atoms with Crippen LogP contribution in [-0.2, 0) is 0 Å². The number of hydrogen-bond acceptors (Lipinski definition) is 3. The van der Waals surface area contributed by atoms with Gasteiger partial charge in [-0.3, -0.25) is 0 Å². The topological polar surface area (TPSA) is 65.8 Å². The second-order valence-electron chi connectivity index (χ2n) is 6.71. The first kappa shape index (κ1) is 19.4. The standard InChI is InChI=1S/C21H26N4O/c1-15(2)19-9-5-17(6-10-19)13-22-24-21(26)25-23-14-18-7-11-20(12-8-18)16(3)4/h5-16H,1-4H3,(H2,24,25,26)/b22-13+,23-14?. The van der Waals surface area contributed by atoms with Gasteiger partial charge in [-0.05, 0) is 34.1 Å². The Labute approximate surface area is 155 Å². The normalized spacial score (nSPS) is 11.6. The van der Waals surface area contributed by atoms with Crippen LogP contribution in [0.1, 0.15) is 61.8 Å². The third-order valence-electron chi connectivity index (χ3n) is 3.97. The molecule has 0 fully saturated rings. The first-order valence-electron chi connectivity index (χ1n) is 8.77. The average molecular weight is 350 g/mol. The minimum atomic E-state index is -0.491. The summed E-state index contributed by atoms with van der Waals surface area (Å²) in [6, 6.07) is 15.6. The Kier molecular flexibility index (Phi) is 7.09. The van der Waals surface area contributed by atoms with Gasteiger partial charge >= 0.3 is 6.03 Å². The van der Waals surface area contributed by atoms with Crippen LogP contribution in [0, 0.1) is 0 Å². The monoisotopic (exact) mass is 350 g/mol. The molecular weight excluding hydrogens is 324 g/mol. The van der Waals surface area contributed by atoms with Gasteiger partial charge in [0.1, 0.15) is 0 Å². The van der Waals surface area contributed by atoms with Crippen LogP contribution < -0.4 is 10.9 Å². The van der Waals surface area contributed by atoms with Crippen LogP contribution in [0.4, 0.5) is 4.79 Å². The van der Waals surface area contributed by atoms with Crippen molar-refractivity contribution in [2.75, 3.05) is 0 Å². The summed E-state index contributed by atoms with van der Waals surface area (Å²) < 4.78 is 0. The molecule has 136 valence electrons. The van der Waals surface area contributed by atoms with Crippen molar-refractivity contribution in [3.63, 3.8) is 0 Å². The maximum absolute atomic E-state index is 11.7. The molecule has 0 bridgehead atoms. The molecule has 2 amide bonds. The molecular formula is C21H26N4O. The molecule has 2 N–H and O–H groups in total. The number of carbonyl (C=O) groups is 1. The van der Waals surface area contributed by atoms with Crippen molar-refractivity contribution in [3.8, 4) is 0 Å². The number of urea groups is 1. The van der Waals surface area contributed by atoms with E-state index >= 15 is 0 Å². The van der Waals surface area contributed by atoms with Crippen molar-refractivity contribution < 1.29 is 4.79 Å². The highest BCUT2D eigenvalue weighted by molar-refractivity contribution is 5.83. The van der Waals surface area contributed by atoms with Gasteiger partial charge in [0.25, 0.3) is 0 Å². The van der Waals surface area contributed by atoms with Crippen LogP contribution in [0.15, 0.2) is 58.7 Å². The van der Waals surface area contributed by atoms with Crippen LogP contribution in [0.3, 0.4) is 0 Å². The molecule has 0 heterocycles. The number of benzene rings is 2. The maximum Gasteiger partial charge on any atom is 0.355 e. The molecule has 26 heavy (non-hydrogen) atoms. The van der Waals surface area contributed by atoms with E-state index in [9.17, 15) is 4.79 Å². The van der Waals surface area contributed by atoms with Gasteiger partial charge in [0, 0.05) is 0 Å². The molecule has 2 rings (SSSR count). The van der Waals surface area contributed by atoms with E-state index in [4.69, 9.17) is 0 Å². The fourth-order valence-corrected chi connectivity index (χ4v) is 2.29. The molecule has 2 aromatic carbocycles. The molecule has 2 aromatic rings. The van der Waals surface area contributed by atoms with Gasteiger partial charge < -0.3 is 0 Å². The molecule has 0 spiro atoms. The zero-order valence-electron chi connectivity index (χ0n) is 15.7. The van der Waals surface area contributed by atoms with Gasteiger partial charge in [0.05, 0.1) is 12.4 Å². The first-order valence-corrected chi connectivity index (χ1v) is 8.77. The van der Waals surface area contributed by atoms with E-state index < -0.39 is 6.03 Å². The average Bonchev–Trinajstić information content (AvgIpc) is 2.62. The Balaban J connectivity index is 1.79. The minimum absolute atomic E-state index is 0.490. The summed E-state index contributed by atoms with van der Waals surface area (Å²) in [5.74, 6) is 0.980. The summed E-state index contributed by atoms with van der Waals surface area (Å²) in [4.78, 5) is 11.7. The molecule has 0 atom stereocenters. The fraction of sp³-hybridized carbons (Fsp3) is 0.286. The third-order valence-corrected chi connectivity index (χ3v) is 3.97. The van der Waals surface area contributed by atoms with Crippen LogP contribution in [0.25, 0.3) is 0 Å². The highest BCUT2D eigenvalue weighted by Crippen LogP contribution is 2.14. The van der Waals surface area contributed by atoms with E-state index in [2.05, 4.69) is 73.0 Å². The molecule has 5 heteroatoms. The summed E-state index contributed by atoms with van der Waals surface area (Å²) in [7, 11) is 0. The maximum atomic E-state index is 11.7. The molecule has 0 aliphatic heterocycles. The lowest BCUT2D eigenvalue weighted by molar-refractivity contribution is 0.242. The second kappa shape index (κ2) is 9.51. The van der Waals surface area contributed by atoms with E-state index in [0.29, 0.717) is 11.8 Å². The van der Waals surface area contributed by atoms with Gasteiger partial charge in [-0.2, -0.15) is 10.2 Å². The Morgan fingerprint density at radius 1 is 0.731 bits per heavy atom. The molecule has 0 aromatic heterocycles. The summed E-state index contributed by atoms with van der Waals surface area (Å²) in [6.45, 7) is 8.59. The largest absolute Gasteiger partial charge is 0.355 e. The Morgan fingerprint density at radius 2 is 1.08 bits per heavy atom. The van der Waals surface area contributed by atoms with Crippen LogP contribution in [0.2, 0.25) is 0 Å². The molecule has 5 nitrogen and oxygen atoms in total. The summed E-state index contributed by atoms with van der Waals surface area (Å²) in [5, 5.41) is 7.82. The number of carbonyl (C=O) groups excluding carboxylic acids is 1. The van der Waals surface area contributed by atoms with Crippen molar-refractivity contribution in [3.05, 3.63) is 70.8 Å². The first-order chi connectivity index (χ1) is 12.5. The lowest BCUT2D eigenvalue weighted by Crippen LogP contribution is -2.28. The van der Waals surface area contributed by atoms with Crippen LogP contribution in [0.5, 0.6) is 0 Å². The third kappa shape index (κ3) is 6.16. The number of nitrogens with one attached hydrogen (secondary N) is 2. The molecule has 0 unspecified atom stereocenters. The van der Waals surface area contributed by atoms with Gasteiger partial charge in [-0.25, -0.2) is 15.6 Å². The van der Waals surface area contributed by atoms with Gasteiger partial charge in [0.2, 0.25) is 0 Å². The summed E-state index contributed by atoms with van der Waals surface area (Å²) >= 11 is 0. The summed E-state index contributed by atoms with van der Waals surface area (Å²) in [5.41, 5.74) is 9.14. The lowest BCUT2D eigenvalue weighted by atomic mass is 10.0. The molecule has 0 saturated carbocycles. The van der Waals surface area contributed by atoms with Crippen molar-refractivity contribution in [1.29, 1.82) is 0 Å². The van der Waals surface area contributed by atoms with Gasteiger partial charge in [-0.15, -0.1) is 0 Å². The zero-order valence-corrected chi connectivity index (χ0v) is 15.7. The lowest BCUT2D eigenvalue weighted by Gasteiger charge is -2.04. The van der Waals surface area contributed by atoms with Crippen molar-refractivity contribution in [2.45, 2.75) is 39.5 Å². The smallest absolute Gasteiger partial charge is 0.245 e. The second-order valence-corrected chi connectivity index (χ2v) is 6.71. The molecule has 0 radical (unpaired) electrons. The predicted octanol–water partition coefficient (Wildman–Crippen LogP) is 4.60. The number of amides is 2. The van der Waals surface area contributed by atoms with Gasteiger partial charge in [-0.1, -0.05) is 76.2 Å². The minimum Gasteiger partial charge on any atom is -0.245 e. The molecule has 0 saturated heterocycles. The Hall–Kier alpha value is -2.95. The number of rotatable bonds is 6. The van der Waals surface area contributed by atoms with E-state index in [1.54, 1.807) is 12.4 Å². The highest BCUT2D eigenvalue weighted by Gasteiger charge is 1.99. The zero-order chi connectivity index (χ0) is 18.9. The number of nitrogens with zero attached hydrogens (tertiary/aromatic N) is 2. The SMILES string of the molecule is CC(C)c1ccc(C=NNC(=O)N/N=C/c2ccc(C(C)C)cc2)cc1. The fourth-order valence-electron chi connectivity index (χ4n) is 2.29. The Bertz CT molecular complexity index is 694. The molecule has 0 aliphatic rings. The van der Waals surface area contributed by atoms with Crippen LogP contribution in [-0.4, -0.2) is 18.5 Å². The van der Waals surface area contributed by atoms with E-state index in [1.807, 2.05) is 24.3 Å². The molecule has 0 aliphatic carbocycles. The Morgan fingerprint density at radius 3 is 1.38 bits per heavy atom. The van der Waals surface area contributed by atoms with Crippen molar-refractivity contribution in [2.24, 2.45) is 10.2 Å². The summed E-state index contributed by atoms with van der Waals surface area (Å²) in [6.07, 6.45) is 3.19. The van der Waals surface area contributed by atoms with Gasteiger partial charge in [0.15, 0.2) is 0 Å². The van der Waals surface area contributed by atoms with Crippen LogP contribution >= 0.6 is 0 Å². The van der Waals surface area contributed by atoms with Crippen molar-refractivity contribution >= 4 is 18.5 Å². The number of hydrogen-bond donors (Lipinski definition) is 2. The highest BCUT2D eigenvalue weighted by atomic mass is 16.2.